The first-order valence-corrected chi connectivity index (χ1v) is 3.77. The van der Waals surface area contributed by atoms with Crippen LogP contribution in [0.4, 0.5) is 0 Å². The Morgan fingerprint density at radius 2 is 1.77 bits per heavy atom. The molecule has 2 rings (SSSR count). The molecule has 1 aromatic carbocycles. The summed E-state index contributed by atoms with van der Waals surface area (Å²) in [6, 6.07) is 6.99. The number of hydrogen-bond acceptors (Lipinski definition) is 4. The van der Waals surface area contributed by atoms with Crippen molar-refractivity contribution in [3.05, 3.63) is 36.2 Å². The van der Waals surface area contributed by atoms with Gasteiger partial charge < -0.3 is 19.5 Å². The van der Waals surface area contributed by atoms with E-state index in [9.17, 15) is 0 Å². The number of rotatable bonds is 1. The van der Waals surface area contributed by atoms with Gasteiger partial charge in [-0.15, -0.1) is 0 Å². The van der Waals surface area contributed by atoms with Gasteiger partial charge in [0.15, 0.2) is 17.2 Å². The summed E-state index contributed by atoms with van der Waals surface area (Å²) in [5.74, 6) is 1.04. The molecule has 1 aliphatic rings. The molecule has 13 heavy (non-hydrogen) atoms. The van der Waals surface area contributed by atoms with Crippen molar-refractivity contribution in [2.24, 2.45) is 0 Å². The van der Waals surface area contributed by atoms with Crippen molar-refractivity contribution in [1.29, 1.82) is 0 Å². The molecular formula is C8H7BO4. The topological polar surface area (TPSA) is 58.9 Å². The Balaban J connectivity index is 2.28. The van der Waals surface area contributed by atoms with E-state index >= 15 is 0 Å². The number of hydrogen-bond donors (Lipinski definition) is 2. The van der Waals surface area contributed by atoms with Crippen molar-refractivity contribution >= 4 is 7.12 Å². The van der Waals surface area contributed by atoms with Gasteiger partial charge in [-0.1, -0.05) is 12.1 Å². The Morgan fingerprint density at radius 3 is 2.46 bits per heavy atom. The SMILES string of the molecule is OB(O)C1=COc2ccccc2O1. The predicted octanol–water partition coefficient (Wildman–Crippen LogP) is 0.311. The minimum Gasteiger partial charge on any atom is -0.458 e. The third kappa shape index (κ3) is 1.51. The smallest absolute Gasteiger partial charge is 0.458 e. The highest BCUT2D eigenvalue weighted by atomic mass is 16.6. The van der Waals surface area contributed by atoms with Crippen molar-refractivity contribution in [1.82, 2.24) is 0 Å². The van der Waals surface area contributed by atoms with Crippen LogP contribution in [0.5, 0.6) is 11.5 Å². The van der Waals surface area contributed by atoms with Gasteiger partial charge in [0.2, 0.25) is 0 Å². The number of ether oxygens (including phenoxy) is 2. The molecule has 0 atom stereocenters. The maximum absolute atomic E-state index is 8.78. The van der Waals surface area contributed by atoms with Gasteiger partial charge in [0, 0.05) is 0 Å². The average molecular weight is 178 g/mol. The van der Waals surface area contributed by atoms with E-state index in [1.165, 1.54) is 6.26 Å². The molecule has 0 amide bonds. The fraction of sp³-hybridized carbons (Fsp3) is 0. The molecule has 0 fully saturated rings. The zero-order chi connectivity index (χ0) is 9.26. The lowest BCUT2D eigenvalue weighted by atomic mass is 9.89. The van der Waals surface area contributed by atoms with Crippen LogP contribution in [-0.4, -0.2) is 17.2 Å². The van der Waals surface area contributed by atoms with Crippen molar-refractivity contribution < 1.29 is 19.5 Å². The summed E-state index contributed by atoms with van der Waals surface area (Å²) in [6.07, 6.45) is 1.17. The molecule has 0 spiro atoms. The molecule has 66 valence electrons. The summed E-state index contributed by atoms with van der Waals surface area (Å²) >= 11 is 0. The molecule has 4 nitrogen and oxygen atoms in total. The number of benzene rings is 1. The second-order valence-corrected chi connectivity index (χ2v) is 2.56. The highest BCUT2D eigenvalue weighted by molar-refractivity contribution is 6.49. The first-order valence-electron chi connectivity index (χ1n) is 3.77. The first-order chi connectivity index (χ1) is 6.27. The minimum absolute atomic E-state index is 0.0151. The van der Waals surface area contributed by atoms with E-state index < -0.39 is 7.12 Å². The Kier molecular flexibility index (Phi) is 1.96. The van der Waals surface area contributed by atoms with E-state index in [2.05, 4.69) is 0 Å². The summed E-state index contributed by atoms with van der Waals surface area (Å²) in [5.41, 5.74) is -0.0151. The normalized spacial score (nSPS) is 13.5. The largest absolute Gasteiger partial charge is 0.529 e. The van der Waals surface area contributed by atoms with Gasteiger partial charge in [-0.3, -0.25) is 0 Å². The van der Waals surface area contributed by atoms with Gasteiger partial charge >= 0.3 is 7.12 Å². The highest BCUT2D eigenvalue weighted by Gasteiger charge is 2.23. The van der Waals surface area contributed by atoms with Crippen molar-refractivity contribution in [3.63, 3.8) is 0 Å². The van der Waals surface area contributed by atoms with E-state index in [1.807, 2.05) is 0 Å². The van der Waals surface area contributed by atoms with Crippen LogP contribution in [0.25, 0.3) is 0 Å². The van der Waals surface area contributed by atoms with Crippen LogP contribution in [0, 0.1) is 0 Å². The van der Waals surface area contributed by atoms with Gasteiger partial charge in [0.05, 0.1) is 0 Å². The van der Waals surface area contributed by atoms with Crippen LogP contribution < -0.4 is 9.47 Å². The van der Waals surface area contributed by atoms with Crippen molar-refractivity contribution in [3.8, 4) is 11.5 Å². The number of fused-ring (bicyclic) bond motifs is 1. The summed E-state index contributed by atoms with van der Waals surface area (Å²) in [5, 5.41) is 17.6. The molecule has 0 radical (unpaired) electrons. The summed E-state index contributed by atoms with van der Waals surface area (Å²) in [4.78, 5) is 0. The first kappa shape index (κ1) is 8.16. The molecule has 1 aromatic rings. The molecule has 0 saturated heterocycles. The Hall–Kier alpha value is -1.46. The summed E-state index contributed by atoms with van der Waals surface area (Å²) in [6.45, 7) is 0. The van der Waals surface area contributed by atoms with Crippen LogP contribution in [0.2, 0.25) is 0 Å². The maximum atomic E-state index is 8.78. The minimum atomic E-state index is -1.65. The lowest BCUT2D eigenvalue weighted by Gasteiger charge is -2.16. The molecule has 0 bridgehead atoms. The van der Waals surface area contributed by atoms with Crippen LogP contribution in [0.15, 0.2) is 36.2 Å². The van der Waals surface area contributed by atoms with Gasteiger partial charge in [-0.25, -0.2) is 0 Å². The van der Waals surface area contributed by atoms with Gasteiger partial charge in [0.1, 0.15) is 6.26 Å². The van der Waals surface area contributed by atoms with Crippen LogP contribution in [-0.2, 0) is 0 Å². The lowest BCUT2D eigenvalue weighted by molar-refractivity contribution is 0.310. The molecule has 1 heterocycles. The third-order valence-corrected chi connectivity index (χ3v) is 1.63. The highest BCUT2D eigenvalue weighted by Crippen LogP contribution is 2.31. The molecule has 0 saturated carbocycles. The van der Waals surface area contributed by atoms with Crippen molar-refractivity contribution in [2.45, 2.75) is 0 Å². The van der Waals surface area contributed by atoms with Gasteiger partial charge in [-0.05, 0) is 12.1 Å². The zero-order valence-corrected chi connectivity index (χ0v) is 6.68. The summed E-state index contributed by atoms with van der Waals surface area (Å²) in [7, 11) is -1.65. The average Bonchev–Trinajstić information content (AvgIpc) is 2.17. The standard InChI is InChI=1S/C8H7BO4/c10-9(11)8-5-12-6-3-1-2-4-7(6)13-8/h1-5,10-11H. The monoisotopic (exact) mass is 178 g/mol. The van der Waals surface area contributed by atoms with E-state index in [4.69, 9.17) is 19.5 Å². The second-order valence-electron chi connectivity index (χ2n) is 2.56. The molecule has 0 aromatic heterocycles. The molecule has 0 unspecified atom stereocenters. The Morgan fingerprint density at radius 1 is 1.08 bits per heavy atom. The molecule has 2 N–H and O–H groups in total. The third-order valence-electron chi connectivity index (χ3n) is 1.63. The molecular weight excluding hydrogens is 171 g/mol. The molecule has 0 aliphatic carbocycles. The second kappa shape index (κ2) is 3.12. The molecule has 1 aliphatic heterocycles. The fourth-order valence-corrected chi connectivity index (χ4v) is 1.02. The molecule has 5 heteroatoms. The van der Waals surface area contributed by atoms with E-state index in [-0.39, 0.29) is 5.66 Å². The van der Waals surface area contributed by atoms with E-state index in [0.717, 1.165) is 0 Å². The lowest BCUT2D eigenvalue weighted by Crippen LogP contribution is -2.22. The van der Waals surface area contributed by atoms with Gasteiger partial charge in [-0.2, -0.15) is 0 Å². The zero-order valence-electron chi connectivity index (χ0n) is 6.68. The van der Waals surface area contributed by atoms with E-state index in [0.29, 0.717) is 11.5 Å². The quantitative estimate of drug-likeness (QED) is 0.607. The fourth-order valence-electron chi connectivity index (χ4n) is 1.02. The maximum Gasteiger partial charge on any atom is 0.529 e. The number of para-hydroxylation sites is 2. The van der Waals surface area contributed by atoms with Crippen molar-refractivity contribution in [2.75, 3.05) is 0 Å². The Bertz CT molecular complexity index is 348. The Labute approximate surface area is 75.2 Å². The predicted molar refractivity (Wildman–Crippen MR) is 46.0 cm³/mol. The van der Waals surface area contributed by atoms with Crippen LogP contribution in [0.1, 0.15) is 0 Å². The van der Waals surface area contributed by atoms with Gasteiger partial charge in [0.25, 0.3) is 0 Å². The summed E-state index contributed by atoms with van der Waals surface area (Å²) < 4.78 is 10.2. The van der Waals surface area contributed by atoms with Crippen LogP contribution >= 0.6 is 0 Å². The van der Waals surface area contributed by atoms with Crippen LogP contribution in [0.3, 0.4) is 0 Å². The van der Waals surface area contributed by atoms with E-state index in [1.54, 1.807) is 24.3 Å².